The van der Waals surface area contributed by atoms with Gasteiger partial charge in [0.05, 0.1) is 11.2 Å². The summed E-state index contributed by atoms with van der Waals surface area (Å²) in [6, 6.07) is 0.324. The molecular weight excluding hydrogens is 154 g/mol. The minimum atomic E-state index is 0.324. The topological polar surface area (TPSA) is 12.4 Å². The zero-order chi connectivity index (χ0) is 8.53. The van der Waals surface area contributed by atoms with Crippen LogP contribution in [0.15, 0.2) is 17.6 Å². The summed E-state index contributed by atoms with van der Waals surface area (Å²) in [5, 5.41) is 2.42. The highest BCUT2D eigenvalue weighted by Gasteiger charge is 2.01. The fraction of sp³-hybridized carbons (Fsp3) is 0.667. The predicted molar refractivity (Wildman–Crippen MR) is 53.2 cm³/mol. The van der Waals surface area contributed by atoms with Crippen LogP contribution in [0.4, 0.5) is 0 Å². The van der Waals surface area contributed by atoms with E-state index in [-0.39, 0.29) is 0 Å². The van der Waals surface area contributed by atoms with E-state index in [1.807, 2.05) is 6.08 Å². The molecule has 0 aromatic rings. The van der Waals surface area contributed by atoms with Gasteiger partial charge in [-0.2, -0.15) is 0 Å². The van der Waals surface area contributed by atoms with Crippen molar-refractivity contribution in [3.05, 3.63) is 12.7 Å². The molecule has 0 aliphatic rings. The van der Waals surface area contributed by atoms with Crippen molar-refractivity contribution >= 4 is 17.4 Å². The Balaban J connectivity index is 3.68. The molecular formula is C9H15NS. The molecule has 0 saturated heterocycles. The maximum Gasteiger partial charge on any atom is 0.0637 e. The van der Waals surface area contributed by atoms with Crippen LogP contribution in [-0.4, -0.2) is 11.2 Å². The second-order valence-corrected chi connectivity index (χ2v) is 2.72. The van der Waals surface area contributed by atoms with Crippen LogP contribution in [0.2, 0.25) is 0 Å². The third-order valence-corrected chi connectivity index (χ3v) is 1.67. The van der Waals surface area contributed by atoms with Crippen molar-refractivity contribution in [1.82, 2.24) is 0 Å². The highest BCUT2D eigenvalue weighted by Crippen LogP contribution is 2.08. The molecule has 2 heteroatoms. The third-order valence-electron chi connectivity index (χ3n) is 1.56. The van der Waals surface area contributed by atoms with Crippen molar-refractivity contribution in [2.45, 2.75) is 38.6 Å². The van der Waals surface area contributed by atoms with Crippen LogP contribution in [-0.2, 0) is 0 Å². The van der Waals surface area contributed by atoms with Crippen molar-refractivity contribution in [3.8, 4) is 0 Å². The maximum absolute atomic E-state index is 4.54. The standard InChI is InChI=1S/C9H15NS/c1-3-5-7-9(6-4-2)10-8-11/h4,9H,2-3,5-7H2,1H3. The summed E-state index contributed by atoms with van der Waals surface area (Å²) < 4.78 is 0. The molecule has 0 aromatic carbocycles. The lowest BCUT2D eigenvalue weighted by Crippen LogP contribution is -2.01. The molecule has 11 heavy (non-hydrogen) atoms. The van der Waals surface area contributed by atoms with Gasteiger partial charge in [-0.05, 0) is 25.1 Å². The van der Waals surface area contributed by atoms with Gasteiger partial charge in [0, 0.05) is 0 Å². The Labute approximate surface area is 74.2 Å². The lowest BCUT2D eigenvalue weighted by molar-refractivity contribution is 0.587. The minimum Gasteiger partial charge on any atom is -0.229 e. The lowest BCUT2D eigenvalue weighted by atomic mass is 10.1. The average molecular weight is 169 g/mol. The Hall–Kier alpha value is -0.460. The first-order chi connectivity index (χ1) is 5.35. The summed E-state index contributed by atoms with van der Waals surface area (Å²) in [5.74, 6) is 0. The van der Waals surface area contributed by atoms with E-state index in [0.29, 0.717) is 6.04 Å². The fourth-order valence-corrected chi connectivity index (χ4v) is 1.09. The van der Waals surface area contributed by atoms with Crippen LogP contribution >= 0.6 is 12.2 Å². The van der Waals surface area contributed by atoms with Gasteiger partial charge in [0.1, 0.15) is 0 Å². The predicted octanol–water partition coefficient (Wildman–Crippen LogP) is 3.22. The molecule has 1 nitrogen and oxygen atoms in total. The molecule has 0 aliphatic carbocycles. The van der Waals surface area contributed by atoms with E-state index in [4.69, 9.17) is 0 Å². The number of aliphatic imine (C=N–C) groups is 1. The molecule has 1 atom stereocenters. The van der Waals surface area contributed by atoms with Gasteiger partial charge >= 0.3 is 0 Å². The van der Waals surface area contributed by atoms with Crippen LogP contribution in [0.5, 0.6) is 0 Å². The van der Waals surface area contributed by atoms with Crippen LogP contribution < -0.4 is 0 Å². The largest absolute Gasteiger partial charge is 0.229 e. The molecule has 0 fully saturated rings. The lowest BCUT2D eigenvalue weighted by Gasteiger charge is -2.05. The molecule has 0 rings (SSSR count). The van der Waals surface area contributed by atoms with Crippen molar-refractivity contribution in [2.75, 3.05) is 0 Å². The molecule has 0 bridgehead atoms. The van der Waals surface area contributed by atoms with Crippen molar-refractivity contribution in [1.29, 1.82) is 0 Å². The number of nitrogens with zero attached hydrogens (tertiary/aromatic N) is 1. The Morgan fingerprint density at radius 2 is 2.45 bits per heavy atom. The number of hydrogen-bond donors (Lipinski definition) is 0. The zero-order valence-corrected chi connectivity index (χ0v) is 7.86. The fourth-order valence-electron chi connectivity index (χ4n) is 0.942. The Morgan fingerprint density at radius 3 is 2.91 bits per heavy atom. The van der Waals surface area contributed by atoms with E-state index >= 15 is 0 Å². The maximum atomic E-state index is 4.54. The highest BCUT2D eigenvalue weighted by molar-refractivity contribution is 7.78. The summed E-state index contributed by atoms with van der Waals surface area (Å²) >= 11 is 4.54. The van der Waals surface area contributed by atoms with Crippen molar-refractivity contribution in [2.24, 2.45) is 4.99 Å². The molecule has 1 unspecified atom stereocenters. The number of rotatable bonds is 6. The number of unbranched alkanes of at least 4 members (excludes halogenated alkanes) is 1. The van der Waals surface area contributed by atoms with Gasteiger partial charge in [-0.1, -0.05) is 25.8 Å². The second kappa shape index (κ2) is 7.64. The molecule has 62 valence electrons. The van der Waals surface area contributed by atoms with Gasteiger partial charge < -0.3 is 0 Å². The van der Waals surface area contributed by atoms with E-state index in [0.717, 1.165) is 12.8 Å². The molecule has 0 heterocycles. The van der Waals surface area contributed by atoms with Gasteiger partial charge in [-0.15, -0.1) is 6.58 Å². The summed E-state index contributed by atoms with van der Waals surface area (Å²) in [7, 11) is 0. The van der Waals surface area contributed by atoms with Crippen molar-refractivity contribution < 1.29 is 0 Å². The Kier molecular flexibility index (Phi) is 7.33. The average Bonchev–Trinajstić information content (AvgIpc) is 2.01. The molecule has 0 saturated carbocycles. The van der Waals surface area contributed by atoms with Crippen LogP contribution in [0.1, 0.15) is 32.6 Å². The van der Waals surface area contributed by atoms with Crippen LogP contribution in [0.3, 0.4) is 0 Å². The normalized spacial score (nSPS) is 11.7. The van der Waals surface area contributed by atoms with Gasteiger partial charge in [0.15, 0.2) is 0 Å². The van der Waals surface area contributed by atoms with E-state index in [2.05, 4.69) is 35.9 Å². The number of isothiocyanates is 1. The summed E-state index contributed by atoms with van der Waals surface area (Å²) in [6.45, 7) is 5.84. The third kappa shape index (κ3) is 5.96. The molecule has 0 spiro atoms. The van der Waals surface area contributed by atoms with Crippen LogP contribution in [0.25, 0.3) is 0 Å². The first-order valence-corrected chi connectivity index (χ1v) is 4.43. The molecule has 0 aromatic heterocycles. The monoisotopic (exact) mass is 169 g/mol. The smallest absolute Gasteiger partial charge is 0.0637 e. The van der Waals surface area contributed by atoms with Crippen LogP contribution in [0, 0.1) is 0 Å². The zero-order valence-electron chi connectivity index (χ0n) is 7.05. The van der Waals surface area contributed by atoms with E-state index < -0.39 is 0 Å². The Morgan fingerprint density at radius 1 is 1.73 bits per heavy atom. The molecule has 0 amide bonds. The highest BCUT2D eigenvalue weighted by atomic mass is 32.1. The van der Waals surface area contributed by atoms with Crippen molar-refractivity contribution in [3.63, 3.8) is 0 Å². The number of hydrogen-bond acceptors (Lipinski definition) is 2. The minimum absolute atomic E-state index is 0.324. The molecule has 0 N–H and O–H groups in total. The first kappa shape index (κ1) is 10.5. The number of thiocarbonyl (C=S) groups is 1. The quantitative estimate of drug-likeness (QED) is 0.338. The van der Waals surface area contributed by atoms with Gasteiger partial charge in [0.2, 0.25) is 0 Å². The summed E-state index contributed by atoms with van der Waals surface area (Å²) in [5.41, 5.74) is 0. The van der Waals surface area contributed by atoms with Gasteiger partial charge in [-0.3, -0.25) is 0 Å². The Bertz CT molecular complexity index is 148. The van der Waals surface area contributed by atoms with E-state index in [1.54, 1.807) is 0 Å². The van der Waals surface area contributed by atoms with Gasteiger partial charge in [0.25, 0.3) is 0 Å². The molecule has 0 aliphatic heterocycles. The summed E-state index contributed by atoms with van der Waals surface area (Å²) in [4.78, 5) is 4.04. The SMILES string of the molecule is C=CCC(CCCC)N=C=S. The van der Waals surface area contributed by atoms with E-state index in [9.17, 15) is 0 Å². The second-order valence-electron chi connectivity index (χ2n) is 2.54. The van der Waals surface area contributed by atoms with Gasteiger partial charge in [-0.25, -0.2) is 4.99 Å². The van der Waals surface area contributed by atoms with E-state index in [1.165, 1.54) is 12.8 Å². The molecule has 0 radical (unpaired) electrons. The summed E-state index contributed by atoms with van der Waals surface area (Å²) in [6.07, 6.45) is 6.33. The first-order valence-electron chi connectivity index (χ1n) is 4.03.